The summed E-state index contributed by atoms with van der Waals surface area (Å²) in [6.45, 7) is 5.64. The topological polar surface area (TPSA) is 74.3 Å². The zero-order valence-corrected chi connectivity index (χ0v) is 15.3. The fraction of sp³-hybridized carbons (Fsp3) is 0.526. The lowest BCUT2D eigenvalue weighted by molar-refractivity contribution is 0.0584. The predicted molar refractivity (Wildman–Crippen MR) is 96.9 cm³/mol. The highest BCUT2D eigenvalue weighted by Crippen LogP contribution is 2.30. The van der Waals surface area contributed by atoms with Crippen molar-refractivity contribution in [1.29, 1.82) is 0 Å². The van der Waals surface area contributed by atoms with Gasteiger partial charge in [0, 0.05) is 55.7 Å². The summed E-state index contributed by atoms with van der Waals surface area (Å²) >= 11 is 0. The molecule has 0 spiro atoms. The Hall–Kier alpha value is -2.41. The van der Waals surface area contributed by atoms with Crippen LogP contribution in [0.15, 0.2) is 24.7 Å². The Kier molecular flexibility index (Phi) is 4.63. The lowest BCUT2D eigenvalue weighted by Gasteiger charge is -2.36. The van der Waals surface area contributed by atoms with Gasteiger partial charge in [0.15, 0.2) is 0 Å². The fourth-order valence-electron chi connectivity index (χ4n) is 4.14. The van der Waals surface area contributed by atoms with Gasteiger partial charge in [0.2, 0.25) is 5.88 Å². The molecule has 0 aromatic carbocycles. The second-order valence-corrected chi connectivity index (χ2v) is 7.31. The van der Waals surface area contributed by atoms with E-state index in [1.165, 1.54) is 6.42 Å². The summed E-state index contributed by atoms with van der Waals surface area (Å²) in [4.78, 5) is 29.3. The molecule has 0 aliphatic carbocycles. The van der Waals surface area contributed by atoms with Crippen LogP contribution in [-0.4, -0.2) is 63.4 Å². The molecule has 2 atom stereocenters. The number of ether oxygens (including phenoxy) is 1. The van der Waals surface area contributed by atoms with E-state index in [-0.39, 0.29) is 11.9 Å². The maximum atomic E-state index is 13.1. The summed E-state index contributed by atoms with van der Waals surface area (Å²) in [6, 6.07) is 3.75. The van der Waals surface area contributed by atoms with E-state index in [0.717, 1.165) is 44.0 Å². The molecule has 3 aliphatic rings. The molecule has 2 unspecified atom stereocenters. The van der Waals surface area contributed by atoms with Crippen LogP contribution in [0.1, 0.15) is 34.6 Å². The number of H-pyrrole nitrogens is 1. The second-order valence-electron chi connectivity index (χ2n) is 7.31. The number of nitrogens with one attached hydrogen (secondary N) is 1. The van der Waals surface area contributed by atoms with E-state index in [2.05, 4.69) is 31.7 Å². The van der Waals surface area contributed by atoms with E-state index in [1.54, 1.807) is 31.8 Å². The van der Waals surface area contributed by atoms with E-state index < -0.39 is 0 Å². The summed E-state index contributed by atoms with van der Waals surface area (Å²) in [5.41, 5.74) is 2.88. The number of imidazole rings is 1. The third-order valence-electron chi connectivity index (χ3n) is 5.55. The zero-order valence-electron chi connectivity index (χ0n) is 15.3. The number of methoxy groups -OCH3 is 1. The van der Waals surface area contributed by atoms with Crippen molar-refractivity contribution >= 4 is 5.91 Å². The number of carbonyl (C=O) groups excluding carboxylic acids is 1. The van der Waals surface area contributed by atoms with Crippen molar-refractivity contribution < 1.29 is 9.53 Å². The van der Waals surface area contributed by atoms with E-state index >= 15 is 0 Å². The molecule has 2 aromatic rings. The number of pyridine rings is 1. The number of fused-ring (bicyclic) bond motifs is 4. The minimum absolute atomic E-state index is 0.0817. The van der Waals surface area contributed by atoms with Gasteiger partial charge in [0.25, 0.3) is 5.91 Å². The number of carbonyl (C=O) groups is 1. The second kappa shape index (κ2) is 7.07. The van der Waals surface area contributed by atoms with Gasteiger partial charge in [-0.2, -0.15) is 0 Å². The Morgan fingerprint density at radius 2 is 2.19 bits per heavy atom. The van der Waals surface area contributed by atoms with E-state index in [4.69, 9.17) is 4.74 Å². The molecule has 0 saturated carbocycles. The average molecular weight is 355 g/mol. The first-order chi connectivity index (χ1) is 12.6. The molecule has 2 bridgehead atoms. The minimum Gasteiger partial charge on any atom is -0.481 e. The molecule has 7 nitrogen and oxygen atoms in total. The quantitative estimate of drug-likeness (QED) is 0.906. The third kappa shape index (κ3) is 3.31. The van der Waals surface area contributed by atoms with Crippen LogP contribution < -0.4 is 4.74 Å². The maximum Gasteiger partial charge on any atom is 0.254 e. The SMILES string of the molecule is COc1cc(C(=O)N2CC3CCC2CN(Cc2nc[nH]c2C)C3)ccn1. The Balaban J connectivity index is 1.51. The highest BCUT2D eigenvalue weighted by molar-refractivity contribution is 5.94. The molecule has 26 heavy (non-hydrogen) atoms. The standard InChI is InChI=1S/C19H25N5O2/c1-13-17(22-12-21-13)11-23-8-14-3-4-16(10-23)24(9-14)19(25)15-5-6-20-18(7-15)26-2/h5-7,12,14,16H,3-4,8-11H2,1-2H3,(H,21,22). The molecule has 1 amide bonds. The van der Waals surface area contributed by atoms with Crippen molar-refractivity contribution in [1.82, 2.24) is 24.8 Å². The molecule has 3 saturated heterocycles. The number of hydrogen-bond donors (Lipinski definition) is 1. The Bertz CT molecular complexity index is 790. The van der Waals surface area contributed by atoms with Crippen LogP contribution in [0.3, 0.4) is 0 Å². The molecule has 5 heterocycles. The van der Waals surface area contributed by atoms with Gasteiger partial charge in [-0.1, -0.05) is 0 Å². The summed E-state index contributed by atoms with van der Waals surface area (Å²) in [5.74, 6) is 1.07. The van der Waals surface area contributed by atoms with Gasteiger partial charge >= 0.3 is 0 Å². The van der Waals surface area contributed by atoms with E-state index in [1.807, 2.05) is 0 Å². The van der Waals surface area contributed by atoms with Crippen LogP contribution in [-0.2, 0) is 6.54 Å². The van der Waals surface area contributed by atoms with Gasteiger partial charge < -0.3 is 14.6 Å². The monoisotopic (exact) mass is 355 g/mol. The molecule has 5 rings (SSSR count). The first-order valence-corrected chi connectivity index (χ1v) is 9.16. The van der Waals surface area contributed by atoms with Crippen LogP contribution in [0, 0.1) is 12.8 Å². The molecule has 1 N–H and O–H groups in total. The first kappa shape index (κ1) is 17.0. The largest absolute Gasteiger partial charge is 0.481 e. The summed E-state index contributed by atoms with van der Waals surface area (Å²) in [5, 5.41) is 0. The van der Waals surface area contributed by atoms with Crippen molar-refractivity contribution in [2.45, 2.75) is 32.4 Å². The molecular formula is C19H25N5O2. The van der Waals surface area contributed by atoms with Crippen molar-refractivity contribution in [2.75, 3.05) is 26.7 Å². The normalized spacial score (nSPS) is 23.1. The highest BCUT2D eigenvalue weighted by Gasteiger charge is 2.37. The van der Waals surface area contributed by atoms with Gasteiger partial charge in [-0.05, 0) is 31.7 Å². The van der Waals surface area contributed by atoms with Crippen molar-refractivity contribution in [2.24, 2.45) is 5.92 Å². The molecule has 3 fully saturated rings. The summed E-state index contributed by atoms with van der Waals surface area (Å²) in [6.07, 6.45) is 5.64. The first-order valence-electron chi connectivity index (χ1n) is 9.16. The number of aromatic amines is 1. The Labute approximate surface area is 153 Å². The Morgan fingerprint density at radius 3 is 2.96 bits per heavy atom. The number of rotatable bonds is 4. The van der Waals surface area contributed by atoms with Crippen molar-refractivity contribution in [3.8, 4) is 5.88 Å². The minimum atomic E-state index is 0.0817. The zero-order chi connectivity index (χ0) is 18.1. The number of aromatic nitrogens is 3. The molecular weight excluding hydrogens is 330 g/mol. The molecule has 0 radical (unpaired) electrons. The van der Waals surface area contributed by atoms with Gasteiger partial charge in [0.1, 0.15) is 0 Å². The predicted octanol–water partition coefficient (Wildman–Crippen LogP) is 1.86. The lowest BCUT2D eigenvalue weighted by atomic mass is 9.94. The number of piperidine rings is 1. The maximum absolute atomic E-state index is 13.1. The van der Waals surface area contributed by atoms with Crippen LogP contribution >= 0.6 is 0 Å². The van der Waals surface area contributed by atoms with Crippen molar-refractivity contribution in [3.05, 3.63) is 41.6 Å². The van der Waals surface area contributed by atoms with Crippen LogP contribution in [0.4, 0.5) is 0 Å². The van der Waals surface area contributed by atoms with Gasteiger partial charge in [-0.3, -0.25) is 9.69 Å². The summed E-state index contributed by atoms with van der Waals surface area (Å²) < 4.78 is 5.17. The number of hydrogen-bond acceptors (Lipinski definition) is 5. The molecule has 2 aromatic heterocycles. The third-order valence-corrected chi connectivity index (χ3v) is 5.55. The van der Waals surface area contributed by atoms with E-state index in [0.29, 0.717) is 17.4 Å². The van der Waals surface area contributed by atoms with Crippen LogP contribution in [0.5, 0.6) is 5.88 Å². The number of nitrogens with zero attached hydrogens (tertiary/aromatic N) is 4. The molecule has 138 valence electrons. The molecule has 3 aliphatic heterocycles. The highest BCUT2D eigenvalue weighted by atomic mass is 16.5. The number of aryl methyl sites for hydroxylation is 1. The summed E-state index contributed by atoms with van der Waals surface area (Å²) in [7, 11) is 1.57. The van der Waals surface area contributed by atoms with Crippen LogP contribution in [0.25, 0.3) is 0 Å². The van der Waals surface area contributed by atoms with Crippen molar-refractivity contribution in [3.63, 3.8) is 0 Å². The van der Waals surface area contributed by atoms with Gasteiger partial charge in [-0.15, -0.1) is 0 Å². The van der Waals surface area contributed by atoms with Gasteiger partial charge in [-0.25, -0.2) is 9.97 Å². The smallest absolute Gasteiger partial charge is 0.254 e. The average Bonchev–Trinajstić information content (AvgIpc) is 2.88. The van der Waals surface area contributed by atoms with Crippen LogP contribution in [0.2, 0.25) is 0 Å². The Morgan fingerprint density at radius 1 is 1.31 bits per heavy atom. The fourth-order valence-corrected chi connectivity index (χ4v) is 4.14. The molecule has 7 heteroatoms. The van der Waals surface area contributed by atoms with Gasteiger partial charge in [0.05, 0.1) is 19.1 Å². The number of amides is 1. The lowest BCUT2D eigenvalue weighted by Crippen LogP contribution is -2.47. The van der Waals surface area contributed by atoms with E-state index in [9.17, 15) is 4.79 Å².